The number of nitrogens with one attached hydrogen (secondary N) is 1. The van der Waals surface area contributed by atoms with Crippen molar-refractivity contribution in [2.24, 2.45) is 0 Å². The van der Waals surface area contributed by atoms with Crippen molar-refractivity contribution in [2.45, 2.75) is 26.2 Å². The van der Waals surface area contributed by atoms with E-state index in [1.165, 1.54) is 10.3 Å². The Morgan fingerprint density at radius 1 is 1.03 bits per heavy atom. The maximum atomic E-state index is 12.6. The molecule has 3 aromatic carbocycles. The molecule has 1 N–H and O–H groups in total. The fourth-order valence-corrected chi connectivity index (χ4v) is 4.75. The lowest BCUT2D eigenvalue weighted by molar-refractivity contribution is -0.116. The quantitative estimate of drug-likeness (QED) is 0.356. The number of ether oxygens (including phenoxy) is 2. The first-order chi connectivity index (χ1) is 15.5. The van der Waals surface area contributed by atoms with Crippen molar-refractivity contribution in [3.05, 3.63) is 71.8 Å². The monoisotopic (exact) mass is 446 g/mol. The van der Waals surface area contributed by atoms with E-state index < -0.39 is 0 Å². The van der Waals surface area contributed by atoms with E-state index in [1.807, 2.05) is 49.4 Å². The van der Waals surface area contributed by atoms with E-state index in [2.05, 4.69) is 30.4 Å². The van der Waals surface area contributed by atoms with Crippen molar-refractivity contribution >= 4 is 33.1 Å². The number of anilines is 1. The SMILES string of the molecule is COc1ccc(C(C)CC(=O)Nc2ccc(-c3nc4ccc(C)cc4s3)cc2)c(OC)c1. The Kier molecular flexibility index (Phi) is 6.42. The van der Waals surface area contributed by atoms with Gasteiger partial charge in [-0.1, -0.05) is 19.1 Å². The average molecular weight is 447 g/mol. The summed E-state index contributed by atoms with van der Waals surface area (Å²) in [6.45, 7) is 4.10. The highest BCUT2D eigenvalue weighted by molar-refractivity contribution is 7.21. The van der Waals surface area contributed by atoms with Crippen molar-refractivity contribution in [3.8, 4) is 22.1 Å². The van der Waals surface area contributed by atoms with Crippen molar-refractivity contribution in [2.75, 3.05) is 19.5 Å². The molecule has 1 unspecified atom stereocenters. The van der Waals surface area contributed by atoms with Crippen LogP contribution in [0.3, 0.4) is 0 Å². The van der Waals surface area contributed by atoms with E-state index in [0.717, 1.165) is 38.8 Å². The minimum atomic E-state index is -0.0430. The fraction of sp³-hybridized carbons (Fsp3) is 0.231. The maximum absolute atomic E-state index is 12.6. The van der Waals surface area contributed by atoms with Gasteiger partial charge in [0.25, 0.3) is 0 Å². The zero-order valence-electron chi connectivity index (χ0n) is 18.6. The summed E-state index contributed by atoms with van der Waals surface area (Å²) < 4.78 is 11.9. The van der Waals surface area contributed by atoms with Gasteiger partial charge in [-0.3, -0.25) is 4.79 Å². The summed E-state index contributed by atoms with van der Waals surface area (Å²) in [5, 5.41) is 3.97. The number of hydrogen-bond acceptors (Lipinski definition) is 5. The Bertz CT molecular complexity index is 1250. The van der Waals surface area contributed by atoms with Gasteiger partial charge in [0, 0.05) is 23.7 Å². The highest BCUT2D eigenvalue weighted by Crippen LogP contribution is 2.33. The first kappa shape index (κ1) is 21.8. The summed E-state index contributed by atoms with van der Waals surface area (Å²) >= 11 is 1.68. The molecule has 0 spiro atoms. The van der Waals surface area contributed by atoms with Crippen molar-refractivity contribution in [3.63, 3.8) is 0 Å². The molecule has 0 fully saturated rings. The number of nitrogens with zero attached hydrogens (tertiary/aromatic N) is 1. The first-order valence-electron chi connectivity index (χ1n) is 10.5. The molecule has 6 heteroatoms. The molecule has 1 atom stereocenters. The lowest BCUT2D eigenvalue weighted by Gasteiger charge is -2.16. The smallest absolute Gasteiger partial charge is 0.224 e. The molecule has 4 aromatic rings. The molecule has 0 aliphatic rings. The third-order valence-electron chi connectivity index (χ3n) is 5.42. The third kappa shape index (κ3) is 4.75. The van der Waals surface area contributed by atoms with Crippen LogP contribution in [0.1, 0.15) is 30.4 Å². The summed E-state index contributed by atoms with van der Waals surface area (Å²) in [6.07, 6.45) is 0.349. The van der Waals surface area contributed by atoms with Gasteiger partial charge in [0.2, 0.25) is 5.91 Å². The van der Waals surface area contributed by atoms with Crippen LogP contribution in [0.25, 0.3) is 20.8 Å². The fourth-order valence-electron chi connectivity index (χ4n) is 3.68. The van der Waals surface area contributed by atoms with Crippen molar-refractivity contribution in [1.82, 2.24) is 4.98 Å². The molecule has 1 aromatic heterocycles. The summed E-state index contributed by atoms with van der Waals surface area (Å²) in [7, 11) is 3.24. The Morgan fingerprint density at radius 3 is 2.53 bits per heavy atom. The summed E-state index contributed by atoms with van der Waals surface area (Å²) in [4.78, 5) is 17.4. The maximum Gasteiger partial charge on any atom is 0.224 e. The van der Waals surface area contributed by atoms with Crippen LogP contribution in [0.15, 0.2) is 60.7 Å². The van der Waals surface area contributed by atoms with E-state index in [-0.39, 0.29) is 11.8 Å². The molecule has 164 valence electrons. The van der Waals surface area contributed by atoms with Gasteiger partial charge >= 0.3 is 0 Å². The molecule has 5 nitrogen and oxygen atoms in total. The van der Waals surface area contributed by atoms with Crippen LogP contribution in [-0.2, 0) is 4.79 Å². The third-order valence-corrected chi connectivity index (χ3v) is 6.49. The van der Waals surface area contributed by atoms with E-state index in [0.29, 0.717) is 6.42 Å². The van der Waals surface area contributed by atoms with Gasteiger partial charge in [0.1, 0.15) is 16.5 Å². The first-order valence-corrected chi connectivity index (χ1v) is 11.3. The minimum absolute atomic E-state index is 0.00124. The Hall–Kier alpha value is -3.38. The van der Waals surface area contributed by atoms with Gasteiger partial charge in [0.05, 0.1) is 24.4 Å². The van der Waals surface area contributed by atoms with E-state index in [4.69, 9.17) is 14.5 Å². The topological polar surface area (TPSA) is 60.5 Å². The van der Waals surface area contributed by atoms with Crippen LogP contribution in [0, 0.1) is 6.92 Å². The van der Waals surface area contributed by atoms with E-state index >= 15 is 0 Å². The van der Waals surface area contributed by atoms with Crippen LogP contribution in [-0.4, -0.2) is 25.1 Å². The molecular formula is C26H26N2O3S. The molecule has 1 heterocycles. The molecule has 4 rings (SSSR count). The number of hydrogen-bond donors (Lipinski definition) is 1. The summed E-state index contributed by atoms with van der Waals surface area (Å²) in [5.41, 5.74) is 5.02. The highest BCUT2D eigenvalue weighted by Gasteiger charge is 2.16. The molecule has 0 aliphatic heterocycles. The Morgan fingerprint density at radius 2 is 1.81 bits per heavy atom. The number of methoxy groups -OCH3 is 2. The number of thiazole rings is 1. The van der Waals surface area contributed by atoms with Gasteiger partial charge in [-0.2, -0.15) is 0 Å². The molecule has 0 saturated heterocycles. The normalized spacial score (nSPS) is 11.9. The van der Waals surface area contributed by atoms with Gasteiger partial charge in [-0.15, -0.1) is 11.3 Å². The zero-order valence-corrected chi connectivity index (χ0v) is 19.5. The standard InChI is InChI=1S/C26H26N2O3S/c1-16-5-12-22-24(13-16)32-26(28-22)18-6-8-19(9-7-18)27-25(29)14-17(2)21-11-10-20(30-3)15-23(21)31-4/h5-13,15,17H,14H2,1-4H3,(H,27,29). The molecule has 1 amide bonds. The lowest BCUT2D eigenvalue weighted by atomic mass is 9.96. The van der Waals surface area contributed by atoms with E-state index in [1.54, 1.807) is 25.6 Å². The number of aryl methyl sites for hydroxylation is 1. The predicted octanol–water partition coefficient (Wildman–Crippen LogP) is 6.42. The number of benzene rings is 3. The number of aromatic nitrogens is 1. The number of carbonyl (C=O) groups is 1. The number of amides is 1. The van der Waals surface area contributed by atoms with Crippen LogP contribution in [0.4, 0.5) is 5.69 Å². The van der Waals surface area contributed by atoms with Crippen LogP contribution in [0.5, 0.6) is 11.5 Å². The second-order valence-electron chi connectivity index (χ2n) is 7.83. The second kappa shape index (κ2) is 9.40. The second-order valence-corrected chi connectivity index (χ2v) is 8.86. The van der Waals surface area contributed by atoms with Gasteiger partial charge < -0.3 is 14.8 Å². The molecule has 0 saturated carbocycles. The van der Waals surface area contributed by atoms with Crippen molar-refractivity contribution in [1.29, 1.82) is 0 Å². The molecule has 0 radical (unpaired) electrons. The molecule has 32 heavy (non-hydrogen) atoms. The average Bonchev–Trinajstić information content (AvgIpc) is 3.22. The van der Waals surface area contributed by atoms with E-state index in [9.17, 15) is 4.79 Å². The van der Waals surface area contributed by atoms with Crippen LogP contribution >= 0.6 is 11.3 Å². The number of fused-ring (bicyclic) bond motifs is 1. The van der Waals surface area contributed by atoms with Gasteiger partial charge in [-0.25, -0.2) is 4.98 Å². The molecule has 0 aliphatic carbocycles. The predicted molar refractivity (Wildman–Crippen MR) is 131 cm³/mol. The highest BCUT2D eigenvalue weighted by atomic mass is 32.1. The molecular weight excluding hydrogens is 420 g/mol. The lowest BCUT2D eigenvalue weighted by Crippen LogP contribution is -2.14. The van der Waals surface area contributed by atoms with Gasteiger partial charge in [0.15, 0.2) is 0 Å². The largest absolute Gasteiger partial charge is 0.497 e. The molecule has 0 bridgehead atoms. The van der Waals surface area contributed by atoms with Crippen molar-refractivity contribution < 1.29 is 14.3 Å². The number of rotatable bonds is 7. The Balaban J connectivity index is 1.42. The van der Waals surface area contributed by atoms with Crippen LogP contribution in [0.2, 0.25) is 0 Å². The minimum Gasteiger partial charge on any atom is -0.497 e. The summed E-state index contributed by atoms with van der Waals surface area (Å²) in [5.74, 6) is 1.41. The zero-order chi connectivity index (χ0) is 22.7. The van der Waals surface area contributed by atoms with Crippen LogP contribution < -0.4 is 14.8 Å². The van der Waals surface area contributed by atoms with Gasteiger partial charge in [-0.05, 0) is 66.4 Å². The Labute approximate surface area is 192 Å². The number of carbonyl (C=O) groups excluding carboxylic acids is 1. The summed E-state index contributed by atoms with van der Waals surface area (Å²) in [6, 6.07) is 19.8.